The molecule has 0 aliphatic carbocycles. The second-order valence-corrected chi connectivity index (χ2v) is 6.46. The van der Waals surface area contributed by atoms with E-state index in [1.165, 1.54) is 6.92 Å². The van der Waals surface area contributed by atoms with E-state index in [4.69, 9.17) is 4.74 Å². The third-order valence-electron chi connectivity index (χ3n) is 3.58. The van der Waals surface area contributed by atoms with E-state index in [0.29, 0.717) is 22.5 Å². The molecule has 0 fully saturated rings. The van der Waals surface area contributed by atoms with Crippen LogP contribution in [0.25, 0.3) is 16.8 Å². The third kappa shape index (κ3) is 3.03. The summed E-state index contributed by atoms with van der Waals surface area (Å²) in [6.45, 7) is 5.00. The van der Waals surface area contributed by atoms with Crippen LogP contribution in [0.5, 0.6) is 5.75 Å². The Hall–Kier alpha value is -2.67. The Kier molecular flexibility index (Phi) is 3.88. The van der Waals surface area contributed by atoms with Crippen molar-refractivity contribution in [2.24, 2.45) is 7.05 Å². The van der Waals surface area contributed by atoms with Gasteiger partial charge in [-0.05, 0) is 32.9 Å². The fraction of sp³-hybridized carbons (Fsp3) is 0.353. The molecule has 3 heterocycles. The minimum absolute atomic E-state index is 0.0488. The van der Waals surface area contributed by atoms with Crippen LogP contribution >= 0.6 is 0 Å². The van der Waals surface area contributed by atoms with Gasteiger partial charge in [-0.25, -0.2) is 4.52 Å². The summed E-state index contributed by atoms with van der Waals surface area (Å²) in [5.41, 5.74) is 1.80. The molecule has 0 spiro atoms. The predicted octanol–water partition coefficient (Wildman–Crippen LogP) is 2.09. The summed E-state index contributed by atoms with van der Waals surface area (Å²) < 4.78 is 9.17. The van der Waals surface area contributed by atoms with Crippen molar-refractivity contribution < 1.29 is 14.6 Å². The summed E-state index contributed by atoms with van der Waals surface area (Å²) in [6, 6.07) is 3.58. The molecule has 0 bridgehead atoms. The molecule has 3 rings (SSSR count). The molecule has 0 unspecified atom stereocenters. The van der Waals surface area contributed by atoms with Crippen LogP contribution in [0.4, 0.5) is 0 Å². The molecule has 0 atom stereocenters. The van der Waals surface area contributed by atoms with Gasteiger partial charge in [-0.1, -0.05) is 0 Å². The molecule has 0 aliphatic rings. The Morgan fingerprint density at radius 1 is 1.29 bits per heavy atom. The predicted molar refractivity (Wildman–Crippen MR) is 89.2 cm³/mol. The molecule has 0 saturated heterocycles. The van der Waals surface area contributed by atoms with E-state index < -0.39 is 5.60 Å². The Morgan fingerprint density at radius 2 is 2.04 bits per heavy atom. The molecule has 0 amide bonds. The number of nitrogens with zero attached hydrogens (tertiary/aromatic N) is 4. The zero-order valence-corrected chi connectivity index (χ0v) is 14.1. The van der Waals surface area contributed by atoms with Gasteiger partial charge in [0.05, 0.1) is 29.1 Å². The third-order valence-corrected chi connectivity index (χ3v) is 3.58. The van der Waals surface area contributed by atoms with Crippen LogP contribution in [-0.2, 0) is 7.05 Å². The number of aliphatic hydroxyl groups is 1. The van der Waals surface area contributed by atoms with Crippen molar-refractivity contribution in [1.29, 1.82) is 0 Å². The van der Waals surface area contributed by atoms with Crippen LogP contribution in [0.1, 0.15) is 31.1 Å². The van der Waals surface area contributed by atoms with Crippen LogP contribution in [0, 0.1) is 0 Å². The first kappa shape index (κ1) is 16.2. The van der Waals surface area contributed by atoms with E-state index in [1.54, 1.807) is 47.6 Å². The molecule has 126 valence electrons. The second kappa shape index (κ2) is 5.76. The highest BCUT2D eigenvalue weighted by atomic mass is 16.5. The monoisotopic (exact) mass is 328 g/mol. The number of hydrogen-bond donors (Lipinski definition) is 1. The topological polar surface area (TPSA) is 81.7 Å². The number of Topliss-reactive ketones (excluding diaryl/α,β-unsaturated/α-hetero) is 1. The molecule has 0 aliphatic heterocycles. The molecular weight excluding hydrogens is 308 g/mol. The van der Waals surface area contributed by atoms with Gasteiger partial charge in [0, 0.05) is 18.8 Å². The summed E-state index contributed by atoms with van der Waals surface area (Å²) in [5, 5.41) is 18.5. The number of carbonyl (C=O) groups is 1. The minimum Gasteiger partial charge on any atom is -0.488 e. The number of rotatable bonds is 5. The molecule has 0 aromatic carbocycles. The largest absolute Gasteiger partial charge is 0.488 e. The van der Waals surface area contributed by atoms with Crippen LogP contribution in [0.15, 0.2) is 30.7 Å². The number of ketones is 1. The van der Waals surface area contributed by atoms with Gasteiger partial charge in [0.15, 0.2) is 5.78 Å². The highest BCUT2D eigenvalue weighted by Gasteiger charge is 2.20. The lowest BCUT2D eigenvalue weighted by Gasteiger charge is -2.19. The van der Waals surface area contributed by atoms with Crippen molar-refractivity contribution in [1.82, 2.24) is 19.4 Å². The number of carbonyl (C=O) groups excluding carboxylic acids is 1. The highest BCUT2D eigenvalue weighted by molar-refractivity contribution is 6.01. The fourth-order valence-corrected chi connectivity index (χ4v) is 2.48. The molecule has 1 N–H and O–H groups in total. The van der Waals surface area contributed by atoms with Gasteiger partial charge in [0.25, 0.3) is 0 Å². The SMILES string of the molecule is CC(=O)c1cnn2c(-c3cnn(C)c3)c(OCC(C)(C)O)ccc12. The maximum Gasteiger partial charge on any atom is 0.163 e. The number of fused-ring (bicyclic) bond motifs is 1. The minimum atomic E-state index is -0.962. The van der Waals surface area contributed by atoms with Crippen LogP contribution < -0.4 is 4.74 Å². The number of aromatic nitrogens is 4. The van der Waals surface area contributed by atoms with Gasteiger partial charge in [-0.2, -0.15) is 10.2 Å². The maximum absolute atomic E-state index is 11.8. The van der Waals surface area contributed by atoms with E-state index in [2.05, 4.69) is 10.2 Å². The van der Waals surface area contributed by atoms with E-state index in [-0.39, 0.29) is 12.4 Å². The number of aryl methyl sites for hydroxylation is 1. The number of pyridine rings is 1. The van der Waals surface area contributed by atoms with E-state index in [9.17, 15) is 9.90 Å². The molecule has 3 aromatic rings. The molecule has 7 heteroatoms. The smallest absolute Gasteiger partial charge is 0.163 e. The lowest BCUT2D eigenvalue weighted by atomic mass is 10.1. The van der Waals surface area contributed by atoms with Crippen molar-refractivity contribution in [3.05, 3.63) is 36.3 Å². The van der Waals surface area contributed by atoms with Gasteiger partial charge in [0.2, 0.25) is 0 Å². The Balaban J connectivity index is 2.18. The van der Waals surface area contributed by atoms with Crippen molar-refractivity contribution in [3.63, 3.8) is 0 Å². The Bertz CT molecular complexity index is 902. The van der Waals surface area contributed by atoms with Crippen molar-refractivity contribution in [3.8, 4) is 17.0 Å². The number of hydrogen-bond acceptors (Lipinski definition) is 5. The summed E-state index contributed by atoms with van der Waals surface area (Å²) in [7, 11) is 1.82. The van der Waals surface area contributed by atoms with Crippen molar-refractivity contribution >= 4 is 11.3 Å². The maximum atomic E-state index is 11.8. The molecule has 0 radical (unpaired) electrons. The van der Waals surface area contributed by atoms with Crippen LogP contribution in [0.3, 0.4) is 0 Å². The quantitative estimate of drug-likeness (QED) is 0.725. The highest BCUT2D eigenvalue weighted by Crippen LogP contribution is 2.32. The normalized spacial score (nSPS) is 11.9. The van der Waals surface area contributed by atoms with Crippen molar-refractivity contribution in [2.45, 2.75) is 26.4 Å². The van der Waals surface area contributed by atoms with E-state index in [0.717, 1.165) is 5.56 Å². The average molecular weight is 328 g/mol. The number of ether oxygens (including phenoxy) is 1. The van der Waals surface area contributed by atoms with E-state index >= 15 is 0 Å². The van der Waals surface area contributed by atoms with Gasteiger partial charge in [-0.3, -0.25) is 9.48 Å². The molecule has 24 heavy (non-hydrogen) atoms. The standard InChI is InChI=1S/C17H20N4O3/c1-11(22)13-8-19-21-14(13)5-6-15(24-10-17(2,3)23)16(21)12-7-18-20(4)9-12/h5-9,23H,10H2,1-4H3. The molecular formula is C17H20N4O3. The molecule has 3 aromatic heterocycles. The van der Waals surface area contributed by atoms with E-state index in [1.807, 2.05) is 13.2 Å². The van der Waals surface area contributed by atoms with Crippen LogP contribution in [-0.4, -0.2) is 42.5 Å². The molecule has 0 saturated carbocycles. The summed E-state index contributed by atoms with van der Waals surface area (Å²) in [4.78, 5) is 11.8. The summed E-state index contributed by atoms with van der Waals surface area (Å²) in [6.07, 6.45) is 5.11. The lowest BCUT2D eigenvalue weighted by Crippen LogP contribution is -2.28. The first-order valence-corrected chi connectivity index (χ1v) is 7.62. The fourth-order valence-electron chi connectivity index (χ4n) is 2.48. The average Bonchev–Trinajstić information content (AvgIpc) is 3.09. The van der Waals surface area contributed by atoms with Gasteiger partial charge < -0.3 is 9.84 Å². The van der Waals surface area contributed by atoms with Gasteiger partial charge >= 0.3 is 0 Å². The summed E-state index contributed by atoms with van der Waals surface area (Å²) in [5.74, 6) is 0.517. The van der Waals surface area contributed by atoms with Crippen molar-refractivity contribution in [2.75, 3.05) is 6.61 Å². The molecule has 7 nitrogen and oxygen atoms in total. The zero-order chi connectivity index (χ0) is 17.5. The van der Waals surface area contributed by atoms with Gasteiger partial charge in [-0.15, -0.1) is 0 Å². The Morgan fingerprint density at radius 3 is 2.62 bits per heavy atom. The first-order valence-electron chi connectivity index (χ1n) is 7.62. The Labute approximate surface area is 139 Å². The lowest BCUT2D eigenvalue weighted by molar-refractivity contribution is 0.0285. The van der Waals surface area contributed by atoms with Gasteiger partial charge in [0.1, 0.15) is 18.1 Å². The second-order valence-electron chi connectivity index (χ2n) is 6.46. The zero-order valence-electron chi connectivity index (χ0n) is 14.1. The summed E-state index contributed by atoms with van der Waals surface area (Å²) >= 11 is 0. The first-order chi connectivity index (χ1) is 11.3. The van der Waals surface area contributed by atoms with Crippen LogP contribution in [0.2, 0.25) is 0 Å².